The third-order valence-corrected chi connectivity index (χ3v) is 8.69. The van der Waals surface area contributed by atoms with E-state index in [1.807, 2.05) is 0 Å². The number of hydrogen-bond donors (Lipinski definition) is 2. The van der Waals surface area contributed by atoms with E-state index in [0.29, 0.717) is 25.9 Å². The Morgan fingerprint density at radius 2 is 0.894 bits per heavy atom. The highest BCUT2D eigenvalue weighted by atomic mass is 16.5. The highest BCUT2D eigenvalue weighted by Crippen LogP contribution is 2.20. The Bertz CT molecular complexity index is 792. The van der Waals surface area contributed by atoms with Crippen LogP contribution in [0.25, 0.3) is 0 Å². The van der Waals surface area contributed by atoms with Gasteiger partial charge < -0.3 is 25.3 Å². The van der Waals surface area contributed by atoms with Crippen molar-refractivity contribution in [3.05, 3.63) is 0 Å². The zero-order valence-corrected chi connectivity index (χ0v) is 30.8. The first-order valence-corrected chi connectivity index (χ1v) is 19.3. The van der Waals surface area contributed by atoms with E-state index in [4.69, 9.17) is 19.9 Å². The fraction of sp³-hybridized carbons (Fsp3) is 0.895. The summed E-state index contributed by atoms with van der Waals surface area (Å²) in [4.78, 5) is 50.3. The van der Waals surface area contributed by atoms with Crippen LogP contribution in [-0.2, 0) is 33.4 Å². The first-order chi connectivity index (χ1) is 22.8. The van der Waals surface area contributed by atoms with Crippen molar-refractivity contribution in [1.29, 1.82) is 0 Å². The smallest absolute Gasteiger partial charge is 0.328 e. The van der Waals surface area contributed by atoms with Gasteiger partial charge in [0.2, 0.25) is 5.91 Å². The van der Waals surface area contributed by atoms with E-state index in [9.17, 15) is 19.2 Å². The van der Waals surface area contributed by atoms with Crippen molar-refractivity contribution in [2.45, 2.75) is 181 Å². The van der Waals surface area contributed by atoms with E-state index in [-0.39, 0.29) is 55.9 Å². The van der Waals surface area contributed by atoms with Crippen molar-refractivity contribution < 1.29 is 33.4 Å². The van der Waals surface area contributed by atoms with Crippen molar-refractivity contribution in [2.24, 2.45) is 17.6 Å². The van der Waals surface area contributed by atoms with Crippen LogP contribution in [0.4, 0.5) is 0 Å². The van der Waals surface area contributed by atoms with Crippen LogP contribution in [0.15, 0.2) is 0 Å². The zero-order valence-electron chi connectivity index (χ0n) is 30.8. The first kappa shape index (κ1) is 44.8. The molecule has 0 bridgehead atoms. The molecule has 0 aromatic rings. The Morgan fingerprint density at radius 3 is 1.34 bits per heavy atom. The van der Waals surface area contributed by atoms with E-state index in [2.05, 4.69) is 33.0 Å². The molecule has 0 spiro atoms. The summed E-state index contributed by atoms with van der Waals surface area (Å²) in [5.74, 6) is -1.04. The molecule has 0 aromatic heterocycles. The zero-order chi connectivity index (χ0) is 35.0. The average Bonchev–Trinajstić information content (AvgIpc) is 3.06. The van der Waals surface area contributed by atoms with Crippen molar-refractivity contribution in [2.75, 3.05) is 26.4 Å². The van der Waals surface area contributed by atoms with Crippen LogP contribution in [0.5, 0.6) is 0 Å². The average molecular weight is 669 g/mol. The van der Waals surface area contributed by atoms with Gasteiger partial charge in [0.15, 0.2) is 0 Å². The lowest BCUT2D eigenvalue weighted by atomic mass is 9.95. The van der Waals surface area contributed by atoms with Crippen LogP contribution in [0, 0.1) is 11.8 Å². The number of ether oxygens (including phenoxy) is 3. The third-order valence-electron chi connectivity index (χ3n) is 8.69. The Kier molecular flexibility index (Phi) is 30.9. The second-order valence-electron chi connectivity index (χ2n) is 13.1. The summed E-state index contributed by atoms with van der Waals surface area (Å²) >= 11 is 0. The molecule has 47 heavy (non-hydrogen) atoms. The molecule has 0 aliphatic carbocycles. The largest absolute Gasteiger partial charge is 0.465 e. The maximum atomic E-state index is 12.6. The summed E-state index contributed by atoms with van der Waals surface area (Å²) in [6.45, 7) is 9.75. The fourth-order valence-corrected chi connectivity index (χ4v) is 5.62. The van der Waals surface area contributed by atoms with Crippen molar-refractivity contribution in [3.63, 3.8) is 0 Å². The number of amides is 1. The summed E-state index contributed by atoms with van der Waals surface area (Å²) in [6.07, 6.45) is 21.0. The number of hydrogen-bond acceptors (Lipinski definition) is 8. The molecule has 0 fully saturated rings. The molecular weight excluding hydrogens is 596 g/mol. The molecule has 0 aromatic carbocycles. The molecule has 276 valence electrons. The molecule has 1 amide bonds. The third kappa shape index (κ3) is 25.5. The minimum Gasteiger partial charge on any atom is -0.465 e. The van der Waals surface area contributed by atoms with Crippen LogP contribution in [0.1, 0.15) is 175 Å². The van der Waals surface area contributed by atoms with Gasteiger partial charge in [0.1, 0.15) is 6.04 Å². The number of esters is 3. The maximum absolute atomic E-state index is 12.6. The van der Waals surface area contributed by atoms with Gasteiger partial charge in [0.05, 0.1) is 31.7 Å². The topological polar surface area (TPSA) is 134 Å². The van der Waals surface area contributed by atoms with E-state index < -0.39 is 12.0 Å². The summed E-state index contributed by atoms with van der Waals surface area (Å²) < 4.78 is 16.5. The Balaban J connectivity index is 4.27. The van der Waals surface area contributed by atoms with Gasteiger partial charge in [-0.05, 0) is 70.8 Å². The van der Waals surface area contributed by atoms with Crippen LogP contribution >= 0.6 is 0 Å². The van der Waals surface area contributed by atoms with Crippen LogP contribution < -0.4 is 11.1 Å². The van der Waals surface area contributed by atoms with Gasteiger partial charge in [0, 0.05) is 6.42 Å². The predicted octanol–water partition coefficient (Wildman–Crippen LogP) is 8.34. The minimum absolute atomic E-state index is 0.0173. The summed E-state index contributed by atoms with van der Waals surface area (Å²) in [5, 5.41) is 2.73. The fourth-order valence-electron chi connectivity index (χ4n) is 5.62. The highest BCUT2D eigenvalue weighted by molar-refractivity contribution is 5.84. The van der Waals surface area contributed by atoms with Crippen LogP contribution in [-0.4, -0.2) is 56.2 Å². The molecule has 2 unspecified atom stereocenters. The monoisotopic (exact) mass is 669 g/mol. The molecule has 9 heteroatoms. The molecule has 0 heterocycles. The standard InChI is InChI=1S/C38H72N2O7/c1-5-9-13-17-24-32(22-11-7-3)36(42)45-29-19-15-16-20-30-47-38(44)34(27-28-39)40-35(41)26-21-31-46-37(43)33(23-12-8-4)25-18-14-10-6-2/h32-34H,5-31,39H2,1-4H3,(H,40,41)/t32?,33?,34-/m0/s1. The van der Waals surface area contributed by atoms with Gasteiger partial charge in [-0.25, -0.2) is 4.79 Å². The number of carbonyl (C=O) groups is 4. The lowest BCUT2D eigenvalue weighted by molar-refractivity contribution is -0.150. The molecular formula is C38H72N2O7. The van der Waals surface area contributed by atoms with Gasteiger partial charge in [-0.3, -0.25) is 14.4 Å². The molecule has 0 saturated heterocycles. The number of rotatable bonds is 33. The molecule has 0 saturated carbocycles. The number of unbranched alkanes of at least 4 members (excludes halogenated alkanes) is 11. The maximum Gasteiger partial charge on any atom is 0.328 e. The quantitative estimate of drug-likeness (QED) is 0.0405. The second kappa shape index (κ2) is 32.4. The molecule has 0 rings (SSSR count). The molecule has 0 radical (unpaired) electrons. The van der Waals surface area contributed by atoms with Crippen LogP contribution in [0.2, 0.25) is 0 Å². The van der Waals surface area contributed by atoms with Gasteiger partial charge in [0.25, 0.3) is 0 Å². The molecule has 3 atom stereocenters. The van der Waals surface area contributed by atoms with Crippen molar-refractivity contribution >= 4 is 23.8 Å². The Labute approximate surface area is 287 Å². The van der Waals surface area contributed by atoms with Gasteiger partial charge in [-0.1, -0.05) is 105 Å². The summed E-state index contributed by atoms with van der Waals surface area (Å²) in [5.41, 5.74) is 5.68. The molecule has 9 nitrogen and oxygen atoms in total. The van der Waals surface area contributed by atoms with Gasteiger partial charge in [-0.15, -0.1) is 0 Å². The molecule has 0 aliphatic rings. The first-order valence-electron chi connectivity index (χ1n) is 19.3. The minimum atomic E-state index is -0.793. The summed E-state index contributed by atoms with van der Waals surface area (Å²) in [6, 6.07) is -0.793. The Morgan fingerprint density at radius 1 is 0.489 bits per heavy atom. The van der Waals surface area contributed by atoms with Crippen molar-refractivity contribution in [1.82, 2.24) is 5.32 Å². The van der Waals surface area contributed by atoms with Gasteiger partial charge in [-0.2, -0.15) is 0 Å². The Hall–Kier alpha value is -2.16. The predicted molar refractivity (Wildman–Crippen MR) is 190 cm³/mol. The SMILES string of the molecule is CCCCCCC(CCCC)C(=O)OCCCCCCOC(=O)[C@H](CCN)NC(=O)CCCOC(=O)C(CCCC)CCCCCC. The lowest BCUT2D eigenvalue weighted by Gasteiger charge is -2.18. The normalized spacial score (nSPS) is 13.0. The second-order valence-corrected chi connectivity index (χ2v) is 13.1. The van der Waals surface area contributed by atoms with Crippen LogP contribution in [0.3, 0.4) is 0 Å². The van der Waals surface area contributed by atoms with E-state index in [1.165, 1.54) is 25.7 Å². The van der Waals surface area contributed by atoms with E-state index in [1.54, 1.807) is 0 Å². The molecule has 3 N–H and O–H groups in total. The highest BCUT2D eigenvalue weighted by Gasteiger charge is 2.23. The number of nitrogens with one attached hydrogen (secondary N) is 1. The number of nitrogens with two attached hydrogens (primary N) is 1. The van der Waals surface area contributed by atoms with Gasteiger partial charge >= 0.3 is 17.9 Å². The number of carbonyl (C=O) groups excluding carboxylic acids is 4. The molecule has 0 aliphatic heterocycles. The lowest BCUT2D eigenvalue weighted by Crippen LogP contribution is -2.43. The van der Waals surface area contributed by atoms with Crippen molar-refractivity contribution in [3.8, 4) is 0 Å². The summed E-state index contributed by atoms with van der Waals surface area (Å²) in [7, 11) is 0. The van der Waals surface area contributed by atoms with E-state index >= 15 is 0 Å². The van der Waals surface area contributed by atoms with E-state index in [0.717, 1.165) is 96.3 Å².